The SMILES string of the molecule is COC(=O)c1cc2c(C(F)(F)F)cc(C(F)(F)F)nc2o1. The van der Waals surface area contributed by atoms with Gasteiger partial charge in [0, 0.05) is 6.07 Å². The number of carbonyl (C=O) groups is 1. The molecule has 0 atom stereocenters. The molecule has 0 saturated carbocycles. The highest BCUT2D eigenvalue weighted by Gasteiger charge is 2.40. The highest BCUT2D eigenvalue weighted by Crippen LogP contribution is 2.39. The molecule has 0 fully saturated rings. The standard InChI is InChI=1S/C11H5F6NO3/c1-20-9(19)6-2-4-5(10(12,13)14)3-7(11(15,16)17)18-8(4)21-6/h2-3H,1H3. The number of ether oxygens (including phenoxy) is 1. The third-order valence-electron chi connectivity index (χ3n) is 2.49. The molecule has 10 heteroatoms. The van der Waals surface area contributed by atoms with Crippen LogP contribution in [0.4, 0.5) is 26.3 Å². The molecule has 2 aromatic heterocycles. The van der Waals surface area contributed by atoms with Gasteiger partial charge in [-0.15, -0.1) is 0 Å². The molecule has 0 N–H and O–H groups in total. The van der Waals surface area contributed by atoms with Crippen molar-refractivity contribution in [2.45, 2.75) is 12.4 Å². The number of nitrogens with zero attached hydrogens (tertiary/aromatic N) is 1. The van der Waals surface area contributed by atoms with Crippen molar-refractivity contribution in [2.75, 3.05) is 7.11 Å². The van der Waals surface area contributed by atoms with E-state index in [1.54, 1.807) is 0 Å². The number of hydrogen-bond donors (Lipinski definition) is 0. The molecule has 0 radical (unpaired) electrons. The van der Waals surface area contributed by atoms with Gasteiger partial charge in [-0.1, -0.05) is 0 Å². The molecule has 0 spiro atoms. The van der Waals surface area contributed by atoms with E-state index in [4.69, 9.17) is 0 Å². The highest BCUT2D eigenvalue weighted by atomic mass is 19.4. The van der Waals surface area contributed by atoms with Crippen molar-refractivity contribution in [2.24, 2.45) is 0 Å². The summed E-state index contributed by atoms with van der Waals surface area (Å²) in [6, 6.07) is 0.496. The minimum absolute atomic E-state index is 0.140. The fourth-order valence-corrected chi connectivity index (χ4v) is 1.59. The van der Waals surface area contributed by atoms with Crippen LogP contribution in [0, 0.1) is 0 Å². The quantitative estimate of drug-likeness (QED) is 0.595. The molecule has 0 amide bonds. The highest BCUT2D eigenvalue weighted by molar-refractivity contribution is 5.92. The molecule has 2 aromatic rings. The number of pyridine rings is 1. The normalized spacial score (nSPS) is 12.7. The number of methoxy groups -OCH3 is 1. The van der Waals surface area contributed by atoms with E-state index in [0.29, 0.717) is 6.07 Å². The predicted octanol–water partition coefficient (Wildman–Crippen LogP) is 3.65. The zero-order valence-electron chi connectivity index (χ0n) is 10.1. The maximum absolute atomic E-state index is 12.8. The summed E-state index contributed by atoms with van der Waals surface area (Å²) in [7, 11) is 0.939. The second-order valence-corrected chi connectivity index (χ2v) is 3.87. The van der Waals surface area contributed by atoms with E-state index < -0.39 is 46.4 Å². The van der Waals surface area contributed by atoms with Crippen molar-refractivity contribution in [3.05, 3.63) is 29.2 Å². The lowest BCUT2D eigenvalue weighted by Crippen LogP contribution is -2.13. The molecule has 0 aromatic carbocycles. The van der Waals surface area contributed by atoms with Gasteiger partial charge in [0.2, 0.25) is 11.5 Å². The third kappa shape index (κ3) is 2.78. The summed E-state index contributed by atoms with van der Waals surface area (Å²) >= 11 is 0. The smallest absolute Gasteiger partial charge is 0.433 e. The van der Waals surface area contributed by atoms with Gasteiger partial charge in [-0.3, -0.25) is 0 Å². The molecule has 2 rings (SSSR count). The third-order valence-corrected chi connectivity index (χ3v) is 2.49. The van der Waals surface area contributed by atoms with Crippen LogP contribution in [0.1, 0.15) is 21.8 Å². The molecular formula is C11H5F6NO3. The van der Waals surface area contributed by atoms with E-state index in [0.717, 1.165) is 7.11 Å². The van der Waals surface area contributed by atoms with Crippen LogP contribution in [0.25, 0.3) is 11.1 Å². The van der Waals surface area contributed by atoms with Crippen LogP contribution in [0.3, 0.4) is 0 Å². The van der Waals surface area contributed by atoms with Gasteiger partial charge in [0.1, 0.15) is 5.69 Å². The summed E-state index contributed by atoms with van der Waals surface area (Å²) in [5, 5.41) is -0.754. The Bertz CT molecular complexity index is 700. The van der Waals surface area contributed by atoms with Gasteiger partial charge in [-0.2, -0.15) is 26.3 Å². The van der Waals surface area contributed by atoms with Crippen molar-refractivity contribution in [1.82, 2.24) is 4.98 Å². The number of esters is 1. The number of halogens is 6. The Balaban J connectivity index is 2.78. The van der Waals surface area contributed by atoms with E-state index in [9.17, 15) is 31.1 Å². The first kappa shape index (κ1) is 15.1. The van der Waals surface area contributed by atoms with Crippen LogP contribution in [-0.4, -0.2) is 18.1 Å². The molecule has 4 nitrogen and oxygen atoms in total. The Labute approximate surface area is 112 Å². The summed E-state index contributed by atoms with van der Waals surface area (Å²) < 4.78 is 85.0. The van der Waals surface area contributed by atoms with E-state index in [-0.39, 0.29) is 6.07 Å². The van der Waals surface area contributed by atoms with Crippen molar-refractivity contribution >= 4 is 17.1 Å². The van der Waals surface area contributed by atoms with E-state index in [1.807, 2.05) is 0 Å². The van der Waals surface area contributed by atoms with Crippen LogP contribution < -0.4 is 0 Å². The Hall–Kier alpha value is -2.26. The van der Waals surface area contributed by atoms with Gasteiger partial charge in [0.25, 0.3) is 0 Å². The lowest BCUT2D eigenvalue weighted by atomic mass is 10.1. The second-order valence-electron chi connectivity index (χ2n) is 3.87. The molecule has 114 valence electrons. The zero-order chi connectivity index (χ0) is 16.0. The maximum Gasteiger partial charge on any atom is 0.433 e. The molecular weight excluding hydrogens is 308 g/mol. The Kier molecular flexibility index (Phi) is 3.34. The Morgan fingerprint density at radius 3 is 2.24 bits per heavy atom. The fraction of sp³-hybridized carbons (Fsp3) is 0.273. The van der Waals surface area contributed by atoms with Gasteiger partial charge in [0.05, 0.1) is 18.1 Å². The van der Waals surface area contributed by atoms with Crippen LogP contribution in [0.5, 0.6) is 0 Å². The van der Waals surface area contributed by atoms with Crippen LogP contribution in [-0.2, 0) is 17.1 Å². The van der Waals surface area contributed by atoms with Crippen molar-refractivity contribution < 1.29 is 40.3 Å². The molecule has 0 bridgehead atoms. The zero-order valence-corrected chi connectivity index (χ0v) is 10.1. The minimum atomic E-state index is -5.09. The number of alkyl halides is 6. The van der Waals surface area contributed by atoms with Crippen molar-refractivity contribution in [3.8, 4) is 0 Å². The van der Waals surface area contributed by atoms with Gasteiger partial charge in [0.15, 0.2) is 0 Å². The van der Waals surface area contributed by atoms with Gasteiger partial charge in [-0.25, -0.2) is 9.78 Å². The lowest BCUT2D eigenvalue weighted by molar-refractivity contribution is -0.144. The predicted molar refractivity (Wildman–Crippen MR) is 55.4 cm³/mol. The number of furan rings is 1. The van der Waals surface area contributed by atoms with Crippen LogP contribution >= 0.6 is 0 Å². The number of fused-ring (bicyclic) bond motifs is 1. The molecule has 0 aliphatic heterocycles. The average molecular weight is 313 g/mol. The molecule has 0 saturated heterocycles. The topological polar surface area (TPSA) is 52.3 Å². The van der Waals surface area contributed by atoms with E-state index >= 15 is 0 Å². The average Bonchev–Trinajstić information content (AvgIpc) is 2.77. The molecule has 0 aliphatic carbocycles. The minimum Gasteiger partial charge on any atom is -0.463 e. The Morgan fingerprint density at radius 2 is 1.76 bits per heavy atom. The van der Waals surface area contributed by atoms with Gasteiger partial charge >= 0.3 is 18.3 Å². The van der Waals surface area contributed by atoms with Gasteiger partial charge < -0.3 is 9.15 Å². The largest absolute Gasteiger partial charge is 0.463 e. The first-order chi connectivity index (χ1) is 9.54. The summed E-state index contributed by atoms with van der Waals surface area (Å²) in [5.74, 6) is -1.81. The van der Waals surface area contributed by atoms with Crippen LogP contribution in [0.2, 0.25) is 0 Å². The number of aromatic nitrogens is 1. The van der Waals surface area contributed by atoms with E-state index in [2.05, 4.69) is 14.1 Å². The number of rotatable bonds is 1. The summed E-state index contributed by atoms with van der Waals surface area (Å²) in [6.45, 7) is 0. The second kappa shape index (κ2) is 4.64. The number of hydrogen-bond acceptors (Lipinski definition) is 4. The molecule has 21 heavy (non-hydrogen) atoms. The summed E-state index contributed by atoms with van der Waals surface area (Å²) in [6.07, 6.45) is -10.2. The molecule has 0 aliphatic rings. The lowest BCUT2D eigenvalue weighted by Gasteiger charge is -2.11. The summed E-state index contributed by atoms with van der Waals surface area (Å²) in [4.78, 5) is 14.1. The van der Waals surface area contributed by atoms with Gasteiger partial charge in [-0.05, 0) is 6.07 Å². The maximum atomic E-state index is 12.8. The summed E-state index contributed by atoms with van der Waals surface area (Å²) in [5.41, 5.74) is -4.32. The first-order valence-electron chi connectivity index (χ1n) is 5.21. The molecule has 0 unspecified atom stereocenters. The van der Waals surface area contributed by atoms with Crippen LogP contribution in [0.15, 0.2) is 16.5 Å². The van der Waals surface area contributed by atoms with Crippen molar-refractivity contribution in [3.63, 3.8) is 0 Å². The van der Waals surface area contributed by atoms with Crippen molar-refractivity contribution in [1.29, 1.82) is 0 Å². The first-order valence-corrected chi connectivity index (χ1v) is 5.21. The molecule has 2 heterocycles. The number of carbonyl (C=O) groups excluding carboxylic acids is 1. The Morgan fingerprint density at radius 1 is 1.14 bits per heavy atom. The van der Waals surface area contributed by atoms with E-state index in [1.165, 1.54) is 0 Å². The fourth-order valence-electron chi connectivity index (χ4n) is 1.59. The monoisotopic (exact) mass is 313 g/mol.